The second-order valence-corrected chi connectivity index (χ2v) is 12.9. The average Bonchev–Trinajstić information content (AvgIpc) is 3.05. The number of methoxy groups -OCH3 is 1. The molecule has 236 valence electrons. The van der Waals surface area contributed by atoms with Crippen LogP contribution < -0.4 is 14.4 Å². The number of hydrogen-bond acceptors (Lipinski definition) is 5. The Labute approximate surface area is 266 Å². The molecule has 9 heteroatoms. The number of rotatable bonds is 14. The van der Waals surface area contributed by atoms with Crippen molar-refractivity contribution in [2.75, 3.05) is 18.0 Å². The van der Waals surface area contributed by atoms with Gasteiger partial charge in [-0.15, -0.1) is 0 Å². The molecule has 0 heterocycles. The predicted octanol–water partition coefficient (Wildman–Crippen LogP) is 5.75. The molecule has 4 rings (SSSR count). The monoisotopic (exact) mass is 627 g/mol. The van der Waals surface area contributed by atoms with Crippen molar-refractivity contribution in [1.82, 2.24) is 10.2 Å². The molecule has 0 spiro atoms. The van der Waals surface area contributed by atoms with E-state index in [1.807, 2.05) is 75.4 Å². The highest BCUT2D eigenvalue weighted by Gasteiger charge is 2.35. The minimum Gasteiger partial charge on any atom is -0.497 e. The molecule has 0 saturated heterocycles. The van der Waals surface area contributed by atoms with Gasteiger partial charge in [0.15, 0.2) is 0 Å². The molecule has 4 aromatic carbocycles. The van der Waals surface area contributed by atoms with Gasteiger partial charge in [-0.2, -0.15) is 0 Å². The van der Waals surface area contributed by atoms with Gasteiger partial charge in [0.25, 0.3) is 10.0 Å². The maximum Gasteiger partial charge on any atom is 0.264 e. The largest absolute Gasteiger partial charge is 0.497 e. The highest BCUT2D eigenvalue weighted by Crippen LogP contribution is 2.28. The summed E-state index contributed by atoms with van der Waals surface area (Å²) >= 11 is 0. The number of benzene rings is 4. The Morgan fingerprint density at radius 1 is 0.844 bits per heavy atom. The standard InChI is InChI=1S/C36H41N3O5S/c1-5-28(3)37-36(41)34(23-29-15-8-6-9-16-29)38(25-30-17-12-14-27(2)22-30)35(40)26-39(31-18-13-19-32(24-31)44-4)45(42,43)33-20-10-7-11-21-33/h6-22,24,28,34H,5,23,25-26H2,1-4H3,(H,37,41)/t28-,34-/m1/s1. The van der Waals surface area contributed by atoms with Crippen molar-refractivity contribution in [3.63, 3.8) is 0 Å². The van der Waals surface area contributed by atoms with Gasteiger partial charge in [0.1, 0.15) is 18.3 Å². The molecule has 0 saturated carbocycles. The molecule has 4 aromatic rings. The van der Waals surface area contributed by atoms with Gasteiger partial charge in [0, 0.05) is 25.1 Å². The molecule has 0 aliphatic heterocycles. The van der Waals surface area contributed by atoms with Crippen LogP contribution in [0.25, 0.3) is 0 Å². The van der Waals surface area contributed by atoms with E-state index in [1.54, 1.807) is 42.5 Å². The fourth-order valence-electron chi connectivity index (χ4n) is 5.02. The second-order valence-electron chi connectivity index (χ2n) is 11.1. The molecule has 2 amide bonds. The topological polar surface area (TPSA) is 96.0 Å². The number of carbonyl (C=O) groups excluding carboxylic acids is 2. The number of carbonyl (C=O) groups is 2. The average molecular weight is 628 g/mol. The summed E-state index contributed by atoms with van der Waals surface area (Å²) in [6.07, 6.45) is 0.972. The van der Waals surface area contributed by atoms with Crippen molar-refractivity contribution in [1.29, 1.82) is 0 Å². The summed E-state index contributed by atoms with van der Waals surface area (Å²) in [4.78, 5) is 30.0. The van der Waals surface area contributed by atoms with Crippen LogP contribution in [0.2, 0.25) is 0 Å². The zero-order valence-electron chi connectivity index (χ0n) is 26.2. The van der Waals surface area contributed by atoms with Gasteiger partial charge in [0.05, 0.1) is 17.7 Å². The number of anilines is 1. The molecule has 2 atom stereocenters. The summed E-state index contributed by atoms with van der Waals surface area (Å²) in [5.74, 6) is -0.369. The highest BCUT2D eigenvalue weighted by atomic mass is 32.2. The van der Waals surface area contributed by atoms with Crippen molar-refractivity contribution >= 4 is 27.5 Å². The van der Waals surface area contributed by atoms with E-state index in [9.17, 15) is 18.0 Å². The first-order chi connectivity index (χ1) is 21.6. The summed E-state index contributed by atoms with van der Waals surface area (Å²) in [5, 5.41) is 3.06. The van der Waals surface area contributed by atoms with E-state index in [1.165, 1.54) is 24.1 Å². The summed E-state index contributed by atoms with van der Waals surface area (Å²) in [6, 6.07) is 30.8. The van der Waals surface area contributed by atoms with E-state index in [0.717, 1.165) is 21.0 Å². The van der Waals surface area contributed by atoms with Crippen LogP contribution in [0.3, 0.4) is 0 Å². The quantitative estimate of drug-likeness (QED) is 0.192. The van der Waals surface area contributed by atoms with Crippen LogP contribution in [0.4, 0.5) is 5.69 Å². The fraction of sp³-hybridized carbons (Fsp3) is 0.278. The lowest BCUT2D eigenvalue weighted by atomic mass is 10.0. The van der Waals surface area contributed by atoms with Gasteiger partial charge >= 0.3 is 0 Å². The van der Waals surface area contributed by atoms with Gasteiger partial charge in [-0.25, -0.2) is 8.42 Å². The summed E-state index contributed by atoms with van der Waals surface area (Å²) in [5.41, 5.74) is 2.99. The molecule has 1 N–H and O–H groups in total. The van der Waals surface area contributed by atoms with Gasteiger partial charge in [0.2, 0.25) is 11.8 Å². The Balaban J connectivity index is 1.81. The lowest BCUT2D eigenvalue weighted by molar-refractivity contribution is -0.140. The lowest BCUT2D eigenvalue weighted by Crippen LogP contribution is -2.54. The third-order valence-corrected chi connectivity index (χ3v) is 9.45. The minimum atomic E-state index is -4.19. The van der Waals surface area contributed by atoms with Crippen molar-refractivity contribution in [2.24, 2.45) is 0 Å². The van der Waals surface area contributed by atoms with Crippen LogP contribution in [0.1, 0.15) is 37.0 Å². The molecule has 45 heavy (non-hydrogen) atoms. The Morgan fingerprint density at radius 2 is 1.49 bits per heavy atom. The van der Waals surface area contributed by atoms with E-state index in [-0.39, 0.29) is 35.5 Å². The Kier molecular flexibility index (Phi) is 11.4. The summed E-state index contributed by atoms with van der Waals surface area (Å²) in [6.45, 7) is 5.44. The first-order valence-electron chi connectivity index (χ1n) is 15.0. The zero-order valence-corrected chi connectivity index (χ0v) is 27.0. The molecule has 0 aliphatic rings. The van der Waals surface area contributed by atoms with Crippen LogP contribution >= 0.6 is 0 Å². The Bertz CT molecular complexity index is 1680. The van der Waals surface area contributed by atoms with Gasteiger partial charge in [-0.05, 0) is 55.7 Å². The number of nitrogens with zero attached hydrogens (tertiary/aromatic N) is 2. The maximum absolute atomic E-state index is 14.5. The van der Waals surface area contributed by atoms with Crippen LogP contribution in [0, 0.1) is 6.92 Å². The smallest absolute Gasteiger partial charge is 0.264 e. The fourth-order valence-corrected chi connectivity index (χ4v) is 6.44. The molecule has 0 aliphatic carbocycles. The van der Waals surface area contributed by atoms with Crippen molar-refractivity contribution < 1.29 is 22.7 Å². The number of sulfonamides is 1. The van der Waals surface area contributed by atoms with Crippen molar-refractivity contribution in [3.8, 4) is 5.75 Å². The number of amides is 2. The molecule has 0 radical (unpaired) electrons. The third kappa shape index (κ3) is 8.73. The number of ether oxygens (including phenoxy) is 1. The molecule has 0 bridgehead atoms. The van der Waals surface area contributed by atoms with Crippen molar-refractivity contribution in [3.05, 3.63) is 126 Å². The second kappa shape index (κ2) is 15.4. The Hall–Kier alpha value is -4.63. The van der Waals surface area contributed by atoms with E-state index >= 15 is 0 Å². The molecule has 0 fully saturated rings. The molecule has 8 nitrogen and oxygen atoms in total. The van der Waals surface area contributed by atoms with E-state index < -0.39 is 28.5 Å². The first-order valence-corrected chi connectivity index (χ1v) is 16.5. The SMILES string of the molecule is CC[C@@H](C)NC(=O)[C@@H](Cc1ccccc1)N(Cc1cccc(C)c1)C(=O)CN(c1cccc(OC)c1)S(=O)(=O)c1ccccc1. The van der Waals surface area contributed by atoms with E-state index in [4.69, 9.17) is 4.74 Å². The van der Waals surface area contributed by atoms with Gasteiger partial charge in [-0.1, -0.05) is 91.3 Å². The zero-order chi connectivity index (χ0) is 32.4. The number of nitrogens with one attached hydrogen (secondary N) is 1. The van der Waals surface area contributed by atoms with Gasteiger partial charge < -0.3 is 15.0 Å². The van der Waals surface area contributed by atoms with E-state index in [0.29, 0.717) is 12.2 Å². The van der Waals surface area contributed by atoms with Crippen LogP contribution in [-0.4, -0.2) is 50.9 Å². The van der Waals surface area contributed by atoms with Crippen molar-refractivity contribution in [2.45, 2.75) is 57.1 Å². The highest BCUT2D eigenvalue weighted by molar-refractivity contribution is 7.92. The molecule has 0 aromatic heterocycles. The minimum absolute atomic E-state index is 0.0428. The molecular formula is C36H41N3O5S. The normalized spacial score (nSPS) is 12.5. The predicted molar refractivity (Wildman–Crippen MR) is 178 cm³/mol. The lowest BCUT2D eigenvalue weighted by Gasteiger charge is -2.34. The van der Waals surface area contributed by atoms with Gasteiger partial charge in [-0.3, -0.25) is 13.9 Å². The van der Waals surface area contributed by atoms with Crippen LogP contribution in [0.5, 0.6) is 5.75 Å². The number of aryl methyl sites for hydroxylation is 1. The molecular weight excluding hydrogens is 586 g/mol. The molecule has 0 unspecified atom stereocenters. The van der Waals surface area contributed by atoms with Crippen LogP contribution in [-0.2, 0) is 32.6 Å². The maximum atomic E-state index is 14.5. The summed E-state index contributed by atoms with van der Waals surface area (Å²) < 4.78 is 34.7. The Morgan fingerprint density at radius 3 is 2.13 bits per heavy atom. The van der Waals surface area contributed by atoms with Crippen LogP contribution in [0.15, 0.2) is 114 Å². The van der Waals surface area contributed by atoms with E-state index in [2.05, 4.69) is 5.32 Å². The summed E-state index contributed by atoms with van der Waals surface area (Å²) in [7, 11) is -2.69. The third-order valence-electron chi connectivity index (χ3n) is 7.66. The number of hydrogen-bond donors (Lipinski definition) is 1. The first kappa shape index (κ1) is 33.3.